The molecule has 2 aromatic carbocycles. The van der Waals surface area contributed by atoms with Crippen LogP contribution in [0.1, 0.15) is 21.9 Å². The average Bonchev–Trinajstić information content (AvgIpc) is 3.19. The summed E-state index contributed by atoms with van der Waals surface area (Å²) in [4.78, 5) is 29.9. The number of aromatic nitrogens is 1. The van der Waals surface area contributed by atoms with Gasteiger partial charge in [-0.1, -0.05) is 48.5 Å². The van der Waals surface area contributed by atoms with Crippen LogP contribution in [0.2, 0.25) is 0 Å². The number of hydrogen-bond acceptors (Lipinski definition) is 6. The summed E-state index contributed by atoms with van der Waals surface area (Å²) in [6, 6.07) is 15.0. The fourth-order valence-electron chi connectivity index (χ4n) is 3.05. The minimum absolute atomic E-state index is 0.135. The van der Waals surface area contributed by atoms with Crippen molar-refractivity contribution in [1.82, 2.24) is 15.6 Å². The van der Waals surface area contributed by atoms with Crippen LogP contribution in [0.5, 0.6) is 0 Å². The van der Waals surface area contributed by atoms with Crippen molar-refractivity contribution in [2.75, 3.05) is 12.3 Å². The van der Waals surface area contributed by atoms with Crippen LogP contribution in [-0.4, -0.2) is 34.6 Å². The number of rotatable bonds is 9. The Balaban J connectivity index is 1.65. The number of nitrogens with one attached hydrogen (secondary N) is 2. The first-order valence-electron chi connectivity index (χ1n) is 9.66. The number of benzene rings is 2. The topological polar surface area (TPSA) is 117 Å². The average molecular weight is 443 g/mol. The zero-order chi connectivity index (χ0) is 22.2. The number of nitrogen functional groups attached to an aromatic ring is 1. The molecule has 0 unspecified atom stereocenters. The highest BCUT2D eigenvalue weighted by Gasteiger charge is 2.25. The zero-order valence-electron chi connectivity index (χ0n) is 16.6. The molecule has 0 saturated carbocycles. The second-order valence-corrected chi connectivity index (χ2v) is 8.05. The fraction of sp³-hybridized carbons (Fsp3) is 0.227. The number of aliphatic hydroxyl groups excluding tert-OH is 1. The van der Waals surface area contributed by atoms with Gasteiger partial charge < -0.3 is 21.5 Å². The summed E-state index contributed by atoms with van der Waals surface area (Å²) in [5, 5.41) is 15.9. The molecule has 0 aliphatic heterocycles. The van der Waals surface area contributed by atoms with E-state index in [0.29, 0.717) is 5.13 Å². The van der Waals surface area contributed by atoms with Gasteiger partial charge in [-0.25, -0.2) is 9.37 Å². The Hall–Kier alpha value is -3.30. The highest BCUT2D eigenvalue weighted by atomic mass is 32.1. The third kappa shape index (κ3) is 6.34. The maximum atomic E-state index is 14.4. The molecule has 5 N–H and O–H groups in total. The normalized spacial score (nSPS) is 12.7. The third-order valence-corrected chi connectivity index (χ3v) is 5.49. The van der Waals surface area contributed by atoms with Gasteiger partial charge in [0.2, 0.25) is 11.8 Å². The Morgan fingerprint density at radius 3 is 2.45 bits per heavy atom. The molecule has 1 aromatic heterocycles. The van der Waals surface area contributed by atoms with E-state index in [2.05, 4.69) is 15.6 Å². The quantitative estimate of drug-likeness (QED) is 0.404. The third-order valence-electron chi connectivity index (χ3n) is 4.66. The Morgan fingerprint density at radius 2 is 1.77 bits per heavy atom. The zero-order valence-corrected chi connectivity index (χ0v) is 17.4. The second-order valence-electron chi connectivity index (χ2n) is 6.91. The number of carbonyl (C=O) groups excluding carboxylic acids is 2. The predicted molar refractivity (Wildman–Crippen MR) is 117 cm³/mol. The van der Waals surface area contributed by atoms with Crippen LogP contribution in [0.4, 0.5) is 9.52 Å². The number of hydrogen-bond donors (Lipinski definition) is 4. The van der Waals surface area contributed by atoms with Crippen molar-refractivity contribution in [2.24, 2.45) is 0 Å². The molecule has 0 bridgehead atoms. The number of halogens is 1. The first kappa shape index (κ1) is 22.4. The highest BCUT2D eigenvalue weighted by Crippen LogP contribution is 2.20. The van der Waals surface area contributed by atoms with Crippen LogP contribution in [0.3, 0.4) is 0 Å². The molecule has 31 heavy (non-hydrogen) atoms. The summed E-state index contributed by atoms with van der Waals surface area (Å²) in [6.07, 6.45) is 0.405. The van der Waals surface area contributed by atoms with Gasteiger partial charge in [0.15, 0.2) is 5.13 Å². The Morgan fingerprint density at radius 1 is 1.06 bits per heavy atom. The van der Waals surface area contributed by atoms with Crippen molar-refractivity contribution in [3.8, 4) is 0 Å². The molecule has 0 fully saturated rings. The number of aliphatic hydroxyl groups is 1. The van der Waals surface area contributed by atoms with Gasteiger partial charge >= 0.3 is 0 Å². The van der Waals surface area contributed by atoms with E-state index in [1.807, 2.05) is 18.2 Å². The van der Waals surface area contributed by atoms with Crippen molar-refractivity contribution in [3.05, 3.63) is 82.6 Å². The van der Waals surface area contributed by atoms with E-state index in [1.165, 1.54) is 29.5 Å². The lowest BCUT2D eigenvalue weighted by Crippen LogP contribution is -2.42. The van der Waals surface area contributed by atoms with Crippen molar-refractivity contribution in [1.29, 1.82) is 0 Å². The van der Waals surface area contributed by atoms with Crippen molar-refractivity contribution in [3.63, 3.8) is 0 Å². The van der Waals surface area contributed by atoms with E-state index in [-0.39, 0.29) is 25.1 Å². The van der Waals surface area contributed by atoms with Gasteiger partial charge in [-0.05, 0) is 11.6 Å². The molecular formula is C22H23FN4O3S. The molecule has 1 heterocycles. The lowest BCUT2D eigenvalue weighted by Gasteiger charge is -2.19. The molecule has 9 heteroatoms. The van der Waals surface area contributed by atoms with Crippen molar-refractivity contribution >= 4 is 28.3 Å². The van der Waals surface area contributed by atoms with E-state index in [9.17, 15) is 19.1 Å². The standard InChI is InChI=1S/C22H23FN4O3S/c23-18-9-5-4-8-16(18)17(20(29)25-11-15-12-27-22(24)31-15)13-26-21(30)19(28)10-14-6-2-1-3-7-14/h1-9,12,17,19,28H,10-11,13H2,(H2,24,27)(H,25,29)(H,26,30)/t17-,19+/m0/s1. The summed E-state index contributed by atoms with van der Waals surface area (Å²) in [7, 11) is 0. The van der Waals surface area contributed by atoms with Gasteiger partial charge in [0.05, 0.1) is 12.5 Å². The molecular weight excluding hydrogens is 419 g/mol. The maximum Gasteiger partial charge on any atom is 0.249 e. The van der Waals surface area contributed by atoms with E-state index in [0.717, 1.165) is 10.4 Å². The molecule has 7 nitrogen and oxygen atoms in total. The van der Waals surface area contributed by atoms with Crippen LogP contribution in [0, 0.1) is 5.82 Å². The molecule has 0 radical (unpaired) electrons. The predicted octanol–water partition coefficient (Wildman–Crippen LogP) is 1.98. The van der Waals surface area contributed by atoms with Crippen molar-refractivity contribution in [2.45, 2.75) is 25.0 Å². The van der Waals surface area contributed by atoms with Crippen LogP contribution >= 0.6 is 11.3 Å². The van der Waals surface area contributed by atoms with Gasteiger partial charge in [-0.15, -0.1) is 11.3 Å². The SMILES string of the molecule is Nc1ncc(CNC(=O)[C@@H](CNC(=O)[C@H](O)Cc2ccccc2)c2ccccc2F)s1. The first-order valence-corrected chi connectivity index (χ1v) is 10.5. The number of amides is 2. The smallest absolute Gasteiger partial charge is 0.249 e. The van der Waals surface area contributed by atoms with Crippen LogP contribution in [-0.2, 0) is 22.6 Å². The summed E-state index contributed by atoms with van der Waals surface area (Å²) in [6.45, 7) is 0.0194. The Bertz CT molecular complexity index is 1030. The lowest BCUT2D eigenvalue weighted by atomic mass is 9.97. The molecule has 0 aliphatic carbocycles. The summed E-state index contributed by atoms with van der Waals surface area (Å²) in [5.74, 6) is -2.62. The summed E-state index contributed by atoms with van der Waals surface area (Å²) >= 11 is 1.24. The summed E-state index contributed by atoms with van der Waals surface area (Å²) < 4.78 is 14.4. The van der Waals surface area contributed by atoms with Gasteiger partial charge in [0, 0.05) is 29.6 Å². The second kappa shape index (κ2) is 10.6. The molecule has 162 valence electrons. The van der Waals surface area contributed by atoms with Gasteiger partial charge in [0.1, 0.15) is 11.9 Å². The van der Waals surface area contributed by atoms with Crippen LogP contribution in [0.25, 0.3) is 0 Å². The van der Waals surface area contributed by atoms with Crippen LogP contribution < -0.4 is 16.4 Å². The molecule has 0 spiro atoms. The minimum atomic E-state index is -1.29. The van der Waals surface area contributed by atoms with Gasteiger partial charge in [-0.3, -0.25) is 9.59 Å². The van der Waals surface area contributed by atoms with Crippen molar-refractivity contribution < 1.29 is 19.1 Å². The molecule has 0 aliphatic rings. The lowest BCUT2D eigenvalue weighted by molar-refractivity contribution is -0.129. The molecule has 3 rings (SSSR count). The number of anilines is 1. The number of nitrogens with two attached hydrogens (primary N) is 1. The monoisotopic (exact) mass is 442 g/mol. The molecule has 2 amide bonds. The number of carbonyl (C=O) groups is 2. The number of thiazole rings is 1. The highest BCUT2D eigenvalue weighted by molar-refractivity contribution is 7.15. The van der Waals surface area contributed by atoms with Gasteiger partial charge in [-0.2, -0.15) is 0 Å². The molecule has 3 aromatic rings. The van der Waals surface area contributed by atoms with E-state index in [4.69, 9.17) is 5.73 Å². The maximum absolute atomic E-state index is 14.4. The summed E-state index contributed by atoms with van der Waals surface area (Å²) in [5.41, 5.74) is 6.55. The fourth-order valence-corrected chi connectivity index (χ4v) is 3.68. The largest absolute Gasteiger partial charge is 0.383 e. The Kier molecular flexibility index (Phi) is 7.69. The minimum Gasteiger partial charge on any atom is -0.383 e. The van der Waals surface area contributed by atoms with E-state index >= 15 is 0 Å². The number of nitrogens with zero attached hydrogens (tertiary/aromatic N) is 1. The Labute approximate surface area is 183 Å². The first-order chi connectivity index (χ1) is 14.9. The molecule has 0 saturated heterocycles. The van der Waals surface area contributed by atoms with E-state index < -0.39 is 29.7 Å². The molecule has 2 atom stereocenters. The van der Waals surface area contributed by atoms with Crippen LogP contribution in [0.15, 0.2) is 60.8 Å². The van der Waals surface area contributed by atoms with E-state index in [1.54, 1.807) is 24.4 Å². The van der Waals surface area contributed by atoms with Gasteiger partial charge in [0.25, 0.3) is 0 Å².